The van der Waals surface area contributed by atoms with Crippen LogP contribution in [0.4, 0.5) is 10.5 Å². The molecule has 0 saturated heterocycles. The molecule has 0 radical (unpaired) electrons. The molecule has 2 amide bonds. The Morgan fingerprint density at radius 3 is 2.61 bits per heavy atom. The summed E-state index contributed by atoms with van der Waals surface area (Å²) in [6.45, 7) is 0. The molecule has 0 bridgehead atoms. The van der Waals surface area contributed by atoms with Gasteiger partial charge in [-0.05, 0) is 49.9 Å². The lowest BCUT2D eigenvalue weighted by Crippen LogP contribution is -2.32. The summed E-state index contributed by atoms with van der Waals surface area (Å²) in [5, 5.41) is 24.3. The molecule has 2 fully saturated rings. The van der Waals surface area contributed by atoms with Gasteiger partial charge in [-0.2, -0.15) is 9.78 Å². The molecule has 31 heavy (non-hydrogen) atoms. The van der Waals surface area contributed by atoms with Crippen LogP contribution < -0.4 is 10.6 Å². The number of phenols is 1. The Labute approximate surface area is 178 Å². The van der Waals surface area contributed by atoms with Crippen molar-refractivity contribution in [3.8, 4) is 17.0 Å². The molecule has 2 aliphatic carbocycles. The van der Waals surface area contributed by atoms with Gasteiger partial charge in [0.25, 0.3) is 5.91 Å². The molecule has 9 nitrogen and oxygen atoms in total. The summed E-state index contributed by atoms with van der Waals surface area (Å²) in [6.07, 6.45) is 7.66. The van der Waals surface area contributed by atoms with Gasteiger partial charge in [-0.3, -0.25) is 4.79 Å². The van der Waals surface area contributed by atoms with Crippen LogP contribution in [0, 0.1) is 0 Å². The number of nitrogens with one attached hydrogen (secondary N) is 2. The van der Waals surface area contributed by atoms with Crippen LogP contribution in [-0.2, 0) is 0 Å². The Morgan fingerprint density at radius 1 is 1.10 bits per heavy atom. The highest BCUT2D eigenvalue weighted by Gasteiger charge is 2.29. The van der Waals surface area contributed by atoms with E-state index in [9.17, 15) is 14.7 Å². The number of aromatic hydroxyl groups is 1. The summed E-state index contributed by atoms with van der Waals surface area (Å²) >= 11 is 0. The number of carbonyl (C=O) groups is 2. The van der Waals surface area contributed by atoms with E-state index in [1.54, 1.807) is 12.1 Å². The minimum atomic E-state index is -0.449. The number of anilines is 1. The first-order valence-electron chi connectivity index (χ1n) is 10.5. The van der Waals surface area contributed by atoms with Crippen LogP contribution in [0.5, 0.6) is 5.75 Å². The van der Waals surface area contributed by atoms with Crippen molar-refractivity contribution in [3.05, 3.63) is 48.0 Å². The van der Waals surface area contributed by atoms with Crippen molar-refractivity contribution in [1.29, 1.82) is 0 Å². The fourth-order valence-corrected chi connectivity index (χ4v) is 4.01. The van der Waals surface area contributed by atoms with Crippen LogP contribution in [0.1, 0.15) is 60.7 Å². The zero-order valence-corrected chi connectivity index (χ0v) is 16.9. The van der Waals surface area contributed by atoms with Gasteiger partial charge in [-0.1, -0.05) is 18.0 Å². The average Bonchev–Trinajstić information content (AvgIpc) is 3.23. The summed E-state index contributed by atoms with van der Waals surface area (Å²) in [4.78, 5) is 25.1. The molecule has 3 N–H and O–H groups in total. The molecule has 0 spiro atoms. The van der Waals surface area contributed by atoms with Crippen LogP contribution in [0.15, 0.2) is 41.1 Å². The lowest BCUT2D eigenvalue weighted by molar-refractivity contribution is 0.0988. The second kappa shape index (κ2) is 7.90. The van der Waals surface area contributed by atoms with E-state index in [0.29, 0.717) is 16.9 Å². The molecule has 2 aliphatic rings. The Hall–Kier alpha value is -3.62. The van der Waals surface area contributed by atoms with E-state index >= 15 is 0 Å². The third-order valence-electron chi connectivity index (χ3n) is 5.80. The third kappa shape index (κ3) is 4.03. The van der Waals surface area contributed by atoms with Gasteiger partial charge < -0.3 is 20.3 Å². The van der Waals surface area contributed by atoms with Gasteiger partial charge in [-0.15, -0.1) is 0 Å². The number of benzene rings is 1. The summed E-state index contributed by atoms with van der Waals surface area (Å²) < 4.78 is 6.32. The van der Waals surface area contributed by atoms with Crippen molar-refractivity contribution in [2.24, 2.45) is 0 Å². The van der Waals surface area contributed by atoms with Gasteiger partial charge >= 0.3 is 6.03 Å². The fourth-order valence-electron chi connectivity index (χ4n) is 4.01. The number of amides is 2. The summed E-state index contributed by atoms with van der Waals surface area (Å²) in [6, 6.07) is 8.04. The molecule has 2 aromatic heterocycles. The van der Waals surface area contributed by atoms with E-state index in [4.69, 9.17) is 4.52 Å². The smallest absolute Gasteiger partial charge is 0.342 e. The molecule has 2 heterocycles. The van der Waals surface area contributed by atoms with E-state index in [1.807, 2.05) is 6.07 Å². The molecular formula is C22H23N5O4. The quantitative estimate of drug-likeness (QED) is 0.538. The first kappa shape index (κ1) is 19.3. The molecule has 2 saturated carbocycles. The maximum absolute atomic E-state index is 12.8. The van der Waals surface area contributed by atoms with Crippen molar-refractivity contribution >= 4 is 17.6 Å². The van der Waals surface area contributed by atoms with Crippen molar-refractivity contribution < 1.29 is 19.2 Å². The van der Waals surface area contributed by atoms with Gasteiger partial charge in [0.15, 0.2) is 0 Å². The maximum atomic E-state index is 12.8. The monoisotopic (exact) mass is 421 g/mol. The van der Waals surface area contributed by atoms with Crippen LogP contribution in [0.25, 0.3) is 11.3 Å². The molecule has 0 unspecified atom stereocenters. The summed E-state index contributed by atoms with van der Waals surface area (Å²) in [5.74, 6) is -0.0835. The second-order valence-electron chi connectivity index (χ2n) is 8.13. The number of phenolic OH excluding ortho intramolecular Hbond substituents is 1. The van der Waals surface area contributed by atoms with Crippen LogP contribution >= 0.6 is 0 Å². The Morgan fingerprint density at radius 2 is 1.90 bits per heavy atom. The Bertz CT molecular complexity index is 1110. The molecule has 3 aromatic rings. The normalized spacial score (nSPS) is 16.4. The molecule has 160 valence electrons. The Kier molecular flexibility index (Phi) is 4.93. The molecule has 1 aromatic carbocycles. The number of aromatic nitrogens is 3. The third-order valence-corrected chi connectivity index (χ3v) is 5.80. The van der Waals surface area contributed by atoms with E-state index in [1.165, 1.54) is 23.0 Å². The van der Waals surface area contributed by atoms with Gasteiger partial charge in [0, 0.05) is 29.3 Å². The molecule has 5 rings (SSSR count). The zero-order chi connectivity index (χ0) is 21.4. The fraction of sp³-hybridized carbons (Fsp3) is 0.364. The highest BCUT2D eigenvalue weighted by molar-refractivity contribution is 6.02. The highest BCUT2D eigenvalue weighted by atomic mass is 16.5. The minimum Gasteiger partial charge on any atom is -0.507 e. The molecular weight excluding hydrogens is 398 g/mol. The first-order valence-corrected chi connectivity index (χ1v) is 10.5. The highest BCUT2D eigenvalue weighted by Crippen LogP contribution is 2.38. The molecule has 0 atom stereocenters. The first-order chi connectivity index (χ1) is 15.1. The lowest BCUT2D eigenvalue weighted by atomic mass is 10.0. The van der Waals surface area contributed by atoms with Crippen LogP contribution in [0.2, 0.25) is 0 Å². The summed E-state index contributed by atoms with van der Waals surface area (Å²) in [7, 11) is 0. The minimum absolute atomic E-state index is 0.0166. The topological polar surface area (TPSA) is 122 Å². The van der Waals surface area contributed by atoms with Crippen LogP contribution in [0.3, 0.4) is 0 Å². The Balaban J connectivity index is 1.47. The number of carbonyl (C=O) groups excluding carboxylic acids is 2. The van der Waals surface area contributed by atoms with Crippen molar-refractivity contribution in [3.63, 3.8) is 0 Å². The average molecular weight is 421 g/mol. The number of hydrogen-bond donors (Lipinski definition) is 3. The predicted molar refractivity (Wildman–Crippen MR) is 112 cm³/mol. The zero-order valence-electron chi connectivity index (χ0n) is 16.9. The second-order valence-corrected chi connectivity index (χ2v) is 8.13. The van der Waals surface area contributed by atoms with Crippen molar-refractivity contribution in [2.45, 2.75) is 50.5 Å². The van der Waals surface area contributed by atoms with E-state index < -0.39 is 5.91 Å². The van der Waals surface area contributed by atoms with Gasteiger partial charge in [-0.25, -0.2) is 4.79 Å². The van der Waals surface area contributed by atoms with Gasteiger partial charge in [0.05, 0.1) is 17.6 Å². The van der Waals surface area contributed by atoms with E-state index in [2.05, 4.69) is 20.9 Å². The maximum Gasteiger partial charge on any atom is 0.342 e. The van der Waals surface area contributed by atoms with Gasteiger partial charge in [0.1, 0.15) is 5.75 Å². The van der Waals surface area contributed by atoms with Crippen molar-refractivity contribution in [1.82, 2.24) is 20.3 Å². The molecule has 0 aliphatic heterocycles. The van der Waals surface area contributed by atoms with Crippen LogP contribution in [-0.4, -0.2) is 38.0 Å². The number of rotatable bonds is 5. The van der Waals surface area contributed by atoms with Gasteiger partial charge in [0.2, 0.25) is 5.76 Å². The van der Waals surface area contributed by atoms with E-state index in [0.717, 1.165) is 44.2 Å². The standard InChI is InChI=1S/C22H23N5O4/c28-19-8-7-15(24-21(29)20-9-10-23-31-20)11-16(19)17-12-18(13-3-1-2-4-13)27(26-17)22(30)25-14-5-6-14/h7-14,28H,1-6H2,(H,24,29)(H,25,30). The lowest BCUT2D eigenvalue weighted by Gasteiger charge is -2.11. The number of hydrogen-bond acceptors (Lipinski definition) is 6. The SMILES string of the molecule is O=C(Nc1ccc(O)c(-c2cc(C3CCCC3)n(C(=O)NC3CC3)n2)c1)c1ccno1. The van der Waals surface area contributed by atoms with E-state index in [-0.39, 0.29) is 29.5 Å². The largest absolute Gasteiger partial charge is 0.507 e. The van der Waals surface area contributed by atoms with Crippen molar-refractivity contribution in [2.75, 3.05) is 5.32 Å². The molecule has 9 heteroatoms. The summed E-state index contributed by atoms with van der Waals surface area (Å²) in [5.41, 5.74) is 2.25. The number of nitrogens with zero attached hydrogens (tertiary/aromatic N) is 3. The predicted octanol–water partition coefficient (Wildman–Crippen LogP) is 3.87.